The summed E-state index contributed by atoms with van der Waals surface area (Å²) in [5, 5.41) is 0.808. The zero-order valence-corrected chi connectivity index (χ0v) is 30.0. The molecule has 3 aliphatic heterocycles. The van der Waals surface area contributed by atoms with Gasteiger partial charge in [0.05, 0.1) is 42.0 Å². The van der Waals surface area contributed by atoms with Crippen LogP contribution in [0.25, 0.3) is 11.0 Å². The number of carbonyl (C=O) groups is 2. The first-order valence-electron chi connectivity index (χ1n) is 17.6. The summed E-state index contributed by atoms with van der Waals surface area (Å²) >= 11 is 0. The molecular weight excluding hydrogens is 681 g/mol. The largest absolute Gasteiger partial charge is 0.486 e. The second-order valence-electron chi connectivity index (χ2n) is 14.0. The van der Waals surface area contributed by atoms with Crippen molar-refractivity contribution in [3.8, 4) is 5.75 Å². The molecule has 51 heavy (non-hydrogen) atoms. The third-order valence-electron chi connectivity index (χ3n) is 10.8. The molecule has 0 spiro atoms. The van der Waals surface area contributed by atoms with E-state index in [4.69, 9.17) is 13.9 Å². The van der Waals surface area contributed by atoms with Gasteiger partial charge in [0.25, 0.3) is 11.8 Å². The maximum Gasteiger partial charge on any atom is 0.341 e. The van der Waals surface area contributed by atoms with Gasteiger partial charge >= 0.3 is 15.8 Å². The van der Waals surface area contributed by atoms with Gasteiger partial charge in [-0.25, -0.2) is 13.9 Å². The third-order valence-corrected chi connectivity index (χ3v) is 12.3. The fourth-order valence-electron chi connectivity index (χ4n) is 7.51. The summed E-state index contributed by atoms with van der Waals surface area (Å²) in [6, 6.07) is 6.64. The third kappa shape index (κ3) is 6.72. The molecule has 1 atom stereocenters. The van der Waals surface area contributed by atoms with Gasteiger partial charge in [-0.15, -0.1) is 0 Å². The predicted octanol–water partition coefficient (Wildman–Crippen LogP) is 3.21. The van der Waals surface area contributed by atoms with Crippen molar-refractivity contribution in [2.24, 2.45) is 0 Å². The van der Waals surface area contributed by atoms with Crippen LogP contribution in [0.1, 0.15) is 69.5 Å². The van der Waals surface area contributed by atoms with Gasteiger partial charge in [0.1, 0.15) is 5.58 Å². The number of carbonyl (C=O) groups excluding carboxylic acids is 2. The van der Waals surface area contributed by atoms with Crippen LogP contribution in [0.2, 0.25) is 0 Å². The number of rotatable bonds is 9. The number of halogens is 1. The maximum absolute atomic E-state index is 16.3. The molecule has 1 aliphatic carbocycles. The predicted molar refractivity (Wildman–Crippen MR) is 188 cm³/mol. The first kappa shape index (κ1) is 35.4. The highest BCUT2D eigenvalue weighted by Crippen LogP contribution is 2.36. The molecule has 1 N–H and O–H groups in total. The molecule has 0 bridgehead atoms. The Morgan fingerprint density at radius 3 is 2.45 bits per heavy atom. The second kappa shape index (κ2) is 14.2. The number of likely N-dealkylation sites (N-methyl/N-ethyl adjacent to an activating group) is 1. The average molecular weight is 726 g/mol. The zero-order chi connectivity index (χ0) is 36.0. The number of benzene rings is 2. The van der Waals surface area contributed by atoms with Gasteiger partial charge in [-0.2, -0.15) is 12.7 Å². The van der Waals surface area contributed by atoms with Crippen LogP contribution < -0.4 is 20.0 Å². The van der Waals surface area contributed by atoms with Crippen molar-refractivity contribution >= 4 is 38.7 Å². The van der Waals surface area contributed by atoms with Gasteiger partial charge < -0.3 is 23.7 Å². The van der Waals surface area contributed by atoms with Crippen LogP contribution in [0.15, 0.2) is 33.5 Å². The summed E-state index contributed by atoms with van der Waals surface area (Å²) in [5.74, 6) is -3.22. The van der Waals surface area contributed by atoms with Gasteiger partial charge in [-0.1, -0.05) is 0 Å². The van der Waals surface area contributed by atoms with Gasteiger partial charge in [-0.05, 0) is 82.3 Å². The first-order chi connectivity index (χ1) is 24.5. The lowest BCUT2D eigenvalue weighted by Gasteiger charge is -2.41. The summed E-state index contributed by atoms with van der Waals surface area (Å²) < 4.78 is 62.3. The lowest BCUT2D eigenvalue weighted by Crippen LogP contribution is -2.53. The minimum Gasteiger partial charge on any atom is -0.486 e. The number of methoxy groups -OCH3 is 1. The lowest BCUT2D eigenvalue weighted by atomic mass is 9.94. The number of nitrogens with zero attached hydrogens (tertiary/aromatic N) is 4. The van der Waals surface area contributed by atoms with Crippen molar-refractivity contribution in [2.45, 2.75) is 64.1 Å². The maximum atomic E-state index is 16.3. The van der Waals surface area contributed by atoms with Crippen LogP contribution >= 0.6 is 0 Å². The highest BCUT2D eigenvalue weighted by atomic mass is 32.2. The fraction of sp³-hybridized carbons (Fsp3) is 0.528. The van der Waals surface area contributed by atoms with Crippen molar-refractivity contribution < 1.29 is 36.3 Å². The number of piperazine rings is 1. The Bertz CT molecular complexity index is 2030. The van der Waals surface area contributed by atoms with E-state index in [0.29, 0.717) is 49.9 Å². The Labute approximate surface area is 296 Å². The number of hydrogen-bond donors (Lipinski definition) is 1. The van der Waals surface area contributed by atoms with Gasteiger partial charge in [0.2, 0.25) is 0 Å². The van der Waals surface area contributed by atoms with Crippen LogP contribution in [0.4, 0.5) is 10.1 Å². The standard InChI is InChI=1S/C36H44FN5O8S/c1-22-30(40-18-17-39(2)23(19-40)21-48-3)12-11-26-25-13-16-41(20-29(25)36(45)50-32(22)26)35(44)27-9-10-28(33(31(27)37)49-24-7-6-8-24)34(43)38-51(46,47)42-14-4-5-15-42/h9-12,23-24H,4-8,13-21H2,1-3H3,(H,38,43)/t23-/m1/s1. The Morgan fingerprint density at radius 2 is 1.75 bits per heavy atom. The van der Waals surface area contributed by atoms with E-state index in [1.165, 1.54) is 21.3 Å². The number of anilines is 1. The first-order valence-corrected chi connectivity index (χ1v) is 19.0. The molecule has 15 heteroatoms. The Kier molecular flexibility index (Phi) is 9.82. The molecule has 1 aromatic heterocycles. The van der Waals surface area contributed by atoms with Crippen LogP contribution in [0, 0.1) is 12.7 Å². The minimum atomic E-state index is -4.13. The summed E-state index contributed by atoms with van der Waals surface area (Å²) in [6.45, 7) is 5.74. The van der Waals surface area contributed by atoms with Crippen molar-refractivity contribution in [2.75, 3.05) is 64.9 Å². The normalized spacial score (nSPS) is 20.4. The quantitative estimate of drug-likeness (QED) is 0.327. The van der Waals surface area contributed by atoms with E-state index in [0.717, 1.165) is 48.3 Å². The van der Waals surface area contributed by atoms with Crippen molar-refractivity contribution in [1.82, 2.24) is 18.8 Å². The monoisotopic (exact) mass is 725 g/mol. The van der Waals surface area contributed by atoms with E-state index < -0.39 is 39.2 Å². The molecule has 4 aliphatic rings. The molecule has 13 nitrogen and oxygen atoms in total. The molecule has 2 saturated heterocycles. The molecule has 2 amide bonds. The molecule has 0 radical (unpaired) electrons. The van der Waals surface area contributed by atoms with E-state index in [1.54, 1.807) is 7.11 Å². The molecule has 3 aromatic rings. The van der Waals surface area contributed by atoms with Gasteiger partial charge in [0.15, 0.2) is 11.6 Å². The molecule has 3 fully saturated rings. The van der Waals surface area contributed by atoms with E-state index in [-0.39, 0.29) is 49.5 Å². The minimum absolute atomic E-state index is 0.0844. The molecule has 0 unspecified atom stereocenters. The number of fused-ring (bicyclic) bond motifs is 3. The SMILES string of the molecule is COC[C@H]1CN(c2ccc3c4c(c(=O)oc3c2C)CN(C(=O)c2ccc(C(=O)NS(=O)(=O)N3CCCC3)c(OC3CCC3)c2F)CC4)CCN1C. The highest BCUT2D eigenvalue weighted by Gasteiger charge is 2.35. The number of amides is 2. The van der Waals surface area contributed by atoms with E-state index in [9.17, 15) is 22.8 Å². The zero-order valence-electron chi connectivity index (χ0n) is 29.2. The molecule has 1 saturated carbocycles. The molecular formula is C36H44FN5O8S. The van der Waals surface area contributed by atoms with Crippen molar-refractivity contribution in [3.63, 3.8) is 0 Å². The molecule has 2 aromatic carbocycles. The number of aryl methyl sites for hydroxylation is 1. The Morgan fingerprint density at radius 1 is 1.00 bits per heavy atom. The topological polar surface area (TPSA) is 142 Å². The summed E-state index contributed by atoms with van der Waals surface area (Å²) in [5.41, 5.74) is 2.32. The molecule has 4 heterocycles. The van der Waals surface area contributed by atoms with Gasteiger partial charge in [0, 0.05) is 63.0 Å². The Hall–Kier alpha value is -4.05. The number of nitrogens with one attached hydrogen (secondary N) is 1. The summed E-state index contributed by atoms with van der Waals surface area (Å²) in [6.07, 6.45) is 3.51. The van der Waals surface area contributed by atoms with E-state index >= 15 is 4.39 Å². The second-order valence-corrected chi connectivity index (χ2v) is 15.6. The number of hydrogen-bond acceptors (Lipinski definition) is 10. The average Bonchev–Trinajstić information content (AvgIpc) is 3.65. The molecule has 7 rings (SSSR count). The van der Waals surface area contributed by atoms with Crippen molar-refractivity contribution in [1.29, 1.82) is 0 Å². The van der Waals surface area contributed by atoms with E-state index in [2.05, 4.69) is 22.9 Å². The Balaban J connectivity index is 1.14. The van der Waals surface area contributed by atoms with Crippen LogP contribution in [0.5, 0.6) is 5.75 Å². The molecule has 274 valence electrons. The van der Waals surface area contributed by atoms with Gasteiger partial charge in [-0.3, -0.25) is 14.5 Å². The van der Waals surface area contributed by atoms with Crippen molar-refractivity contribution in [3.05, 3.63) is 68.3 Å². The van der Waals surface area contributed by atoms with E-state index in [1.807, 2.05) is 17.7 Å². The number of ether oxygens (including phenoxy) is 2. The van der Waals surface area contributed by atoms with Crippen LogP contribution in [-0.2, 0) is 27.9 Å². The summed E-state index contributed by atoms with van der Waals surface area (Å²) in [7, 11) is -0.349. The highest BCUT2D eigenvalue weighted by molar-refractivity contribution is 7.87. The fourth-order valence-corrected chi connectivity index (χ4v) is 8.72. The van der Waals surface area contributed by atoms with Crippen LogP contribution in [0.3, 0.4) is 0 Å². The lowest BCUT2D eigenvalue weighted by molar-refractivity contribution is 0.0721. The summed E-state index contributed by atoms with van der Waals surface area (Å²) in [4.78, 5) is 46.5. The smallest absolute Gasteiger partial charge is 0.341 e. The van der Waals surface area contributed by atoms with Crippen LogP contribution in [-0.4, -0.2) is 107 Å².